The maximum absolute atomic E-state index is 4.46. The monoisotopic (exact) mass is 235 g/mol. The highest BCUT2D eigenvalue weighted by molar-refractivity contribution is 5.04. The lowest BCUT2D eigenvalue weighted by molar-refractivity contribution is 0.0800. The molecule has 0 radical (unpaired) electrons. The van der Waals surface area contributed by atoms with Gasteiger partial charge in [-0.3, -0.25) is 4.68 Å². The van der Waals surface area contributed by atoms with E-state index in [1.165, 1.54) is 24.8 Å². The van der Waals surface area contributed by atoms with Crippen LogP contribution in [0.25, 0.3) is 0 Å². The van der Waals surface area contributed by atoms with Crippen LogP contribution in [0.1, 0.15) is 38.7 Å². The van der Waals surface area contributed by atoms with E-state index in [1.807, 2.05) is 13.2 Å². The van der Waals surface area contributed by atoms with E-state index in [9.17, 15) is 0 Å². The van der Waals surface area contributed by atoms with Crippen LogP contribution in [0.4, 0.5) is 0 Å². The quantitative estimate of drug-likeness (QED) is 0.768. The van der Waals surface area contributed by atoms with Crippen molar-refractivity contribution in [3.05, 3.63) is 18.0 Å². The molecule has 1 saturated carbocycles. The van der Waals surface area contributed by atoms with Crippen molar-refractivity contribution in [3.8, 4) is 0 Å². The average Bonchev–Trinajstić information content (AvgIpc) is 2.63. The van der Waals surface area contributed by atoms with Crippen molar-refractivity contribution in [1.82, 2.24) is 15.1 Å². The molecule has 1 fully saturated rings. The van der Waals surface area contributed by atoms with E-state index >= 15 is 0 Å². The van der Waals surface area contributed by atoms with Crippen LogP contribution in [0.2, 0.25) is 0 Å². The minimum absolute atomic E-state index is 0.577. The van der Waals surface area contributed by atoms with Gasteiger partial charge in [0.25, 0.3) is 0 Å². The molecule has 0 amide bonds. The topological polar surface area (TPSA) is 29.9 Å². The number of nitrogens with one attached hydrogen (secondary N) is 1. The lowest BCUT2D eigenvalue weighted by atomic mass is 9.64. The molecule has 1 aliphatic carbocycles. The van der Waals surface area contributed by atoms with Crippen LogP contribution in [0.5, 0.6) is 0 Å². The van der Waals surface area contributed by atoms with Gasteiger partial charge >= 0.3 is 0 Å². The number of aromatic nitrogens is 2. The van der Waals surface area contributed by atoms with Gasteiger partial charge in [-0.05, 0) is 56.2 Å². The van der Waals surface area contributed by atoms with E-state index in [0.717, 1.165) is 25.4 Å². The van der Waals surface area contributed by atoms with E-state index in [0.29, 0.717) is 5.41 Å². The van der Waals surface area contributed by atoms with Crippen LogP contribution < -0.4 is 5.32 Å². The first-order valence-electron chi connectivity index (χ1n) is 6.75. The largest absolute Gasteiger partial charge is 0.320 e. The molecule has 1 aromatic heterocycles. The summed E-state index contributed by atoms with van der Waals surface area (Å²) in [5.41, 5.74) is 1.95. The highest BCUT2D eigenvalue weighted by atomic mass is 15.3. The Morgan fingerprint density at radius 2 is 2.24 bits per heavy atom. The van der Waals surface area contributed by atoms with Crippen molar-refractivity contribution in [2.75, 3.05) is 13.6 Å². The number of aryl methyl sites for hydroxylation is 1. The van der Waals surface area contributed by atoms with E-state index in [-0.39, 0.29) is 0 Å². The second-order valence-electron chi connectivity index (χ2n) is 6.22. The van der Waals surface area contributed by atoms with Crippen molar-refractivity contribution >= 4 is 0 Å². The molecule has 1 aromatic rings. The predicted octanol–water partition coefficient (Wildman–Crippen LogP) is 2.47. The fraction of sp³-hybridized carbons (Fsp3) is 0.786. The molecule has 0 unspecified atom stereocenters. The van der Waals surface area contributed by atoms with Gasteiger partial charge < -0.3 is 5.32 Å². The van der Waals surface area contributed by atoms with Gasteiger partial charge in [0.05, 0.1) is 6.20 Å². The van der Waals surface area contributed by atoms with Crippen LogP contribution >= 0.6 is 0 Å². The maximum atomic E-state index is 4.46. The Kier molecular flexibility index (Phi) is 3.87. The molecule has 3 heteroatoms. The van der Waals surface area contributed by atoms with Crippen LogP contribution in [-0.2, 0) is 13.0 Å². The van der Waals surface area contributed by atoms with Gasteiger partial charge in [-0.1, -0.05) is 13.8 Å². The van der Waals surface area contributed by atoms with Gasteiger partial charge in [0.15, 0.2) is 0 Å². The molecule has 1 heterocycles. The van der Waals surface area contributed by atoms with Gasteiger partial charge in [-0.25, -0.2) is 0 Å². The molecule has 1 N–H and O–H groups in total. The fourth-order valence-corrected chi connectivity index (χ4v) is 3.00. The second kappa shape index (κ2) is 5.21. The van der Waals surface area contributed by atoms with Crippen LogP contribution in [-0.4, -0.2) is 23.4 Å². The number of hydrogen-bond donors (Lipinski definition) is 1. The van der Waals surface area contributed by atoms with E-state index in [4.69, 9.17) is 0 Å². The summed E-state index contributed by atoms with van der Waals surface area (Å²) < 4.78 is 2.13. The molecule has 0 saturated heterocycles. The molecular formula is C14H25N3. The average molecular weight is 235 g/mol. The standard InChI is InChI=1S/C14H25N3/c1-14(2)7-13(8-14)11-17-10-12(9-16-17)5-4-6-15-3/h9-10,13,15H,4-8,11H2,1-3H3. The predicted molar refractivity (Wildman–Crippen MR) is 71.0 cm³/mol. The smallest absolute Gasteiger partial charge is 0.0521 e. The Morgan fingerprint density at radius 3 is 2.88 bits per heavy atom. The summed E-state index contributed by atoms with van der Waals surface area (Å²) in [6.45, 7) is 6.91. The highest BCUT2D eigenvalue weighted by Gasteiger charge is 2.35. The Balaban J connectivity index is 1.75. The fourth-order valence-electron chi connectivity index (χ4n) is 3.00. The molecule has 0 spiro atoms. The first kappa shape index (κ1) is 12.6. The summed E-state index contributed by atoms with van der Waals surface area (Å²) in [6.07, 6.45) is 9.28. The normalized spacial score (nSPS) is 19.2. The molecule has 0 aromatic carbocycles. The Morgan fingerprint density at radius 1 is 1.47 bits per heavy atom. The zero-order valence-corrected chi connectivity index (χ0v) is 11.4. The van der Waals surface area contributed by atoms with E-state index in [2.05, 4.69) is 35.1 Å². The SMILES string of the molecule is CNCCCc1cnn(CC2CC(C)(C)C2)c1. The lowest BCUT2D eigenvalue weighted by Gasteiger charge is -2.42. The van der Waals surface area contributed by atoms with Crippen molar-refractivity contribution < 1.29 is 0 Å². The molecule has 2 rings (SSSR count). The summed E-state index contributed by atoms with van der Waals surface area (Å²) in [5, 5.41) is 7.64. The molecule has 0 atom stereocenters. The van der Waals surface area contributed by atoms with Crippen molar-refractivity contribution in [2.24, 2.45) is 11.3 Å². The lowest BCUT2D eigenvalue weighted by Crippen LogP contribution is -2.34. The number of hydrogen-bond acceptors (Lipinski definition) is 2. The van der Waals surface area contributed by atoms with Gasteiger partial charge in [0.2, 0.25) is 0 Å². The third kappa shape index (κ3) is 3.56. The molecule has 3 nitrogen and oxygen atoms in total. The van der Waals surface area contributed by atoms with Gasteiger partial charge in [0.1, 0.15) is 0 Å². The Labute approximate surface area is 105 Å². The molecule has 0 bridgehead atoms. The molecule has 1 aliphatic rings. The molecule has 96 valence electrons. The van der Waals surface area contributed by atoms with Crippen molar-refractivity contribution in [2.45, 2.75) is 46.1 Å². The Bertz CT molecular complexity index is 346. The van der Waals surface area contributed by atoms with Crippen LogP contribution in [0, 0.1) is 11.3 Å². The zero-order valence-electron chi connectivity index (χ0n) is 11.4. The van der Waals surface area contributed by atoms with Crippen molar-refractivity contribution in [3.63, 3.8) is 0 Å². The third-order valence-corrected chi connectivity index (χ3v) is 3.71. The summed E-state index contributed by atoms with van der Waals surface area (Å²) in [7, 11) is 2.00. The molecule has 0 aliphatic heterocycles. The van der Waals surface area contributed by atoms with Crippen molar-refractivity contribution in [1.29, 1.82) is 0 Å². The van der Waals surface area contributed by atoms with Crippen LogP contribution in [0.15, 0.2) is 12.4 Å². The number of nitrogens with zero attached hydrogens (tertiary/aromatic N) is 2. The van der Waals surface area contributed by atoms with E-state index in [1.54, 1.807) is 0 Å². The van der Waals surface area contributed by atoms with Crippen LogP contribution in [0.3, 0.4) is 0 Å². The minimum Gasteiger partial charge on any atom is -0.320 e. The summed E-state index contributed by atoms with van der Waals surface area (Å²) >= 11 is 0. The first-order chi connectivity index (χ1) is 8.09. The van der Waals surface area contributed by atoms with E-state index < -0.39 is 0 Å². The molecular weight excluding hydrogens is 210 g/mol. The highest BCUT2D eigenvalue weighted by Crippen LogP contribution is 2.45. The first-order valence-corrected chi connectivity index (χ1v) is 6.75. The molecule has 17 heavy (non-hydrogen) atoms. The van der Waals surface area contributed by atoms with Gasteiger partial charge in [-0.15, -0.1) is 0 Å². The summed E-state index contributed by atoms with van der Waals surface area (Å²) in [6, 6.07) is 0. The van der Waals surface area contributed by atoms with Gasteiger partial charge in [0, 0.05) is 12.7 Å². The minimum atomic E-state index is 0.577. The second-order valence-corrected chi connectivity index (χ2v) is 6.22. The zero-order chi connectivity index (χ0) is 12.3. The third-order valence-electron chi connectivity index (χ3n) is 3.71. The maximum Gasteiger partial charge on any atom is 0.0521 e. The summed E-state index contributed by atoms with van der Waals surface area (Å²) in [4.78, 5) is 0. The summed E-state index contributed by atoms with van der Waals surface area (Å²) in [5.74, 6) is 0.843. The number of rotatable bonds is 6. The van der Waals surface area contributed by atoms with Gasteiger partial charge in [-0.2, -0.15) is 5.10 Å². The Hall–Kier alpha value is -0.830.